The van der Waals surface area contributed by atoms with Gasteiger partial charge < -0.3 is 10.0 Å². The summed E-state index contributed by atoms with van der Waals surface area (Å²) in [5, 5.41) is 8.51. The first-order valence-corrected chi connectivity index (χ1v) is 4.57. The fourth-order valence-corrected chi connectivity index (χ4v) is 1.21. The van der Waals surface area contributed by atoms with Crippen LogP contribution in [0.4, 0.5) is 5.69 Å². The normalized spacial score (nSPS) is 9.86. The van der Waals surface area contributed by atoms with E-state index in [-0.39, 0.29) is 6.42 Å². The molecule has 0 radical (unpaired) electrons. The summed E-state index contributed by atoms with van der Waals surface area (Å²) in [5.74, 6) is -0.748. The number of aliphatic carboxylic acids is 1. The summed E-state index contributed by atoms with van der Waals surface area (Å²) in [6.07, 6.45) is 0.796. The Hall–Kier alpha value is -1.51. The van der Waals surface area contributed by atoms with Gasteiger partial charge in [0.15, 0.2) is 0 Å². The van der Waals surface area contributed by atoms with Crippen molar-refractivity contribution in [3.05, 3.63) is 29.8 Å². The van der Waals surface area contributed by atoms with Crippen LogP contribution in [0.25, 0.3) is 0 Å². The molecule has 3 heteroatoms. The minimum atomic E-state index is -0.748. The van der Waals surface area contributed by atoms with Gasteiger partial charge in [0, 0.05) is 26.2 Å². The standard InChI is InChI=1S/C11H15NO2/c1-12(2)10-6-3-9(4-7-10)5-8-11(13)14/h3-4,6-7H,5,8H2,1-2H3,(H,13,14). The van der Waals surface area contributed by atoms with Crippen LogP contribution in [-0.2, 0) is 11.2 Å². The summed E-state index contributed by atoms with van der Waals surface area (Å²) in [4.78, 5) is 12.4. The molecule has 1 aromatic carbocycles. The van der Waals surface area contributed by atoms with Crippen molar-refractivity contribution in [2.75, 3.05) is 19.0 Å². The molecule has 3 nitrogen and oxygen atoms in total. The van der Waals surface area contributed by atoms with Gasteiger partial charge in [0.1, 0.15) is 0 Å². The Kier molecular flexibility index (Phi) is 3.51. The fourth-order valence-electron chi connectivity index (χ4n) is 1.21. The monoisotopic (exact) mass is 193 g/mol. The molecule has 14 heavy (non-hydrogen) atoms. The number of nitrogens with zero attached hydrogens (tertiary/aromatic N) is 1. The average Bonchev–Trinajstić information content (AvgIpc) is 2.15. The van der Waals surface area contributed by atoms with Gasteiger partial charge in [0.2, 0.25) is 0 Å². The maximum absolute atomic E-state index is 10.3. The number of hydrogen-bond donors (Lipinski definition) is 1. The highest BCUT2D eigenvalue weighted by atomic mass is 16.4. The number of benzene rings is 1. The van der Waals surface area contributed by atoms with E-state index >= 15 is 0 Å². The minimum Gasteiger partial charge on any atom is -0.481 e. The predicted molar refractivity (Wildman–Crippen MR) is 56.7 cm³/mol. The van der Waals surface area contributed by atoms with Gasteiger partial charge in [0.25, 0.3) is 0 Å². The summed E-state index contributed by atoms with van der Waals surface area (Å²) < 4.78 is 0. The van der Waals surface area contributed by atoms with Gasteiger partial charge >= 0.3 is 5.97 Å². The molecule has 0 saturated heterocycles. The van der Waals surface area contributed by atoms with E-state index in [9.17, 15) is 4.79 Å². The highest BCUT2D eigenvalue weighted by Gasteiger charge is 1.99. The van der Waals surface area contributed by atoms with Crippen molar-refractivity contribution >= 4 is 11.7 Å². The van der Waals surface area contributed by atoms with Gasteiger partial charge in [-0.05, 0) is 24.1 Å². The Labute approximate surface area is 84.0 Å². The maximum Gasteiger partial charge on any atom is 0.303 e. The van der Waals surface area contributed by atoms with E-state index in [4.69, 9.17) is 5.11 Å². The third-order valence-corrected chi connectivity index (χ3v) is 2.08. The lowest BCUT2D eigenvalue weighted by molar-refractivity contribution is -0.136. The molecular formula is C11H15NO2. The first-order valence-electron chi connectivity index (χ1n) is 4.57. The first kappa shape index (κ1) is 10.6. The highest BCUT2D eigenvalue weighted by molar-refractivity contribution is 5.67. The lowest BCUT2D eigenvalue weighted by Gasteiger charge is -2.12. The summed E-state index contributed by atoms with van der Waals surface area (Å²) >= 11 is 0. The molecule has 0 spiro atoms. The van der Waals surface area contributed by atoms with Crippen LogP contribution in [0.2, 0.25) is 0 Å². The van der Waals surface area contributed by atoms with Crippen LogP contribution in [0, 0.1) is 0 Å². The molecular weight excluding hydrogens is 178 g/mol. The smallest absolute Gasteiger partial charge is 0.303 e. The molecule has 0 bridgehead atoms. The molecule has 0 aliphatic carbocycles. The van der Waals surface area contributed by atoms with Crippen molar-refractivity contribution in [1.29, 1.82) is 0 Å². The summed E-state index contributed by atoms with van der Waals surface area (Å²) in [6, 6.07) is 7.94. The summed E-state index contributed by atoms with van der Waals surface area (Å²) in [5.41, 5.74) is 2.20. The zero-order chi connectivity index (χ0) is 10.6. The van der Waals surface area contributed by atoms with Crippen molar-refractivity contribution in [1.82, 2.24) is 0 Å². The second-order valence-corrected chi connectivity index (χ2v) is 3.45. The number of carbonyl (C=O) groups is 1. The van der Waals surface area contributed by atoms with E-state index in [0.29, 0.717) is 6.42 Å². The molecule has 0 saturated carbocycles. The van der Waals surface area contributed by atoms with Crippen molar-refractivity contribution in [2.45, 2.75) is 12.8 Å². The molecule has 76 valence electrons. The quantitative estimate of drug-likeness (QED) is 0.792. The number of anilines is 1. The van der Waals surface area contributed by atoms with Crippen molar-refractivity contribution in [2.24, 2.45) is 0 Å². The number of rotatable bonds is 4. The zero-order valence-electron chi connectivity index (χ0n) is 8.53. The molecule has 0 aromatic heterocycles. The van der Waals surface area contributed by atoms with Gasteiger partial charge in [-0.2, -0.15) is 0 Å². The minimum absolute atomic E-state index is 0.196. The molecule has 0 amide bonds. The van der Waals surface area contributed by atoms with Crippen molar-refractivity contribution < 1.29 is 9.90 Å². The number of carboxylic acid groups (broad SMARTS) is 1. The molecule has 1 N–H and O–H groups in total. The van der Waals surface area contributed by atoms with Gasteiger partial charge in [-0.1, -0.05) is 12.1 Å². The van der Waals surface area contributed by atoms with Crippen LogP contribution in [0.3, 0.4) is 0 Å². The third-order valence-electron chi connectivity index (χ3n) is 2.08. The molecule has 0 aliphatic heterocycles. The van der Waals surface area contributed by atoms with E-state index in [1.165, 1.54) is 0 Å². The van der Waals surface area contributed by atoms with Crippen LogP contribution in [0.5, 0.6) is 0 Å². The van der Waals surface area contributed by atoms with Crippen LogP contribution in [-0.4, -0.2) is 25.2 Å². The van der Waals surface area contributed by atoms with Crippen LogP contribution in [0.1, 0.15) is 12.0 Å². The SMILES string of the molecule is CN(C)c1ccc(CCC(=O)O)cc1. The number of aryl methyl sites for hydroxylation is 1. The van der Waals surface area contributed by atoms with E-state index in [0.717, 1.165) is 11.3 Å². The second kappa shape index (κ2) is 4.65. The second-order valence-electron chi connectivity index (χ2n) is 3.45. The number of carboxylic acids is 1. The van der Waals surface area contributed by atoms with E-state index in [2.05, 4.69) is 0 Å². The van der Waals surface area contributed by atoms with Gasteiger partial charge in [-0.15, -0.1) is 0 Å². The van der Waals surface area contributed by atoms with E-state index in [1.54, 1.807) is 0 Å². The Bertz CT molecular complexity index is 304. The molecule has 0 aliphatic rings. The predicted octanol–water partition coefficient (Wildman–Crippen LogP) is 1.77. The van der Waals surface area contributed by atoms with Crippen LogP contribution < -0.4 is 4.90 Å². The number of hydrogen-bond acceptors (Lipinski definition) is 2. The maximum atomic E-state index is 10.3. The zero-order valence-corrected chi connectivity index (χ0v) is 8.53. The summed E-state index contributed by atoms with van der Waals surface area (Å²) in [6.45, 7) is 0. The largest absolute Gasteiger partial charge is 0.481 e. The topological polar surface area (TPSA) is 40.5 Å². The van der Waals surface area contributed by atoms with E-state index in [1.807, 2.05) is 43.3 Å². The molecule has 0 unspecified atom stereocenters. The molecule has 0 atom stereocenters. The Morgan fingerprint density at radius 1 is 1.29 bits per heavy atom. The lowest BCUT2D eigenvalue weighted by atomic mass is 10.1. The van der Waals surface area contributed by atoms with Crippen molar-refractivity contribution in [3.63, 3.8) is 0 Å². The van der Waals surface area contributed by atoms with E-state index < -0.39 is 5.97 Å². The average molecular weight is 193 g/mol. The fraction of sp³-hybridized carbons (Fsp3) is 0.364. The van der Waals surface area contributed by atoms with Gasteiger partial charge in [-0.3, -0.25) is 4.79 Å². The molecule has 0 fully saturated rings. The Balaban J connectivity index is 2.59. The van der Waals surface area contributed by atoms with Crippen molar-refractivity contribution in [3.8, 4) is 0 Å². The highest BCUT2D eigenvalue weighted by Crippen LogP contribution is 2.13. The van der Waals surface area contributed by atoms with Gasteiger partial charge in [-0.25, -0.2) is 0 Å². The van der Waals surface area contributed by atoms with Crippen LogP contribution >= 0.6 is 0 Å². The lowest BCUT2D eigenvalue weighted by Crippen LogP contribution is -2.08. The third kappa shape index (κ3) is 3.09. The summed E-state index contributed by atoms with van der Waals surface area (Å²) in [7, 11) is 3.96. The molecule has 1 aromatic rings. The van der Waals surface area contributed by atoms with Gasteiger partial charge in [0.05, 0.1) is 0 Å². The Morgan fingerprint density at radius 3 is 2.29 bits per heavy atom. The molecule has 1 rings (SSSR count). The molecule has 0 heterocycles. The van der Waals surface area contributed by atoms with Crippen LogP contribution in [0.15, 0.2) is 24.3 Å². The Morgan fingerprint density at radius 2 is 1.86 bits per heavy atom. The first-order chi connectivity index (χ1) is 6.59.